The maximum absolute atomic E-state index is 12.4. The minimum Gasteiger partial charge on any atom is -0.383 e. The average molecular weight is 319 g/mol. The number of methoxy groups -OCH3 is 1. The van der Waals surface area contributed by atoms with Gasteiger partial charge in [-0.15, -0.1) is 0 Å². The molecule has 3 heterocycles. The van der Waals surface area contributed by atoms with Crippen molar-refractivity contribution in [3.63, 3.8) is 0 Å². The third-order valence-electron chi connectivity index (χ3n) is 5.68. The molecule has 2 saturated heterocycles. The van der Waals surface area contributed by atoms with E-state index in [9.17, 15) is 4.79 Å². The molecule has 128 valence electrons. The van der Waals surface area contributed by atoms with E-state index in [0.717, 1.165) is 51.2 Å². The summed E-state index contributed by atoms with van der Waals surface area (Å²) in [5, 5.41) is 0. The highest BCUT2D eigenvalue weighted by molar-refractivity contribution is 5.76. The molecule has 1 aromatic rings. The third kappa shape index (κ3) is 3.78. The molecule has 0 radical (unpaired) electrons. The number of likely N-dealkylation sites (tertiary alicyclic amines) is 2. The van der Waals surface area contributed by atoms with Crippen LogP contribution in [0.4, 0.5) is 0 Å². The van der Waals surface area contributed by atoms with Crippen LogP contribution >= 0.6 is 0 Å². The molecule has 23 heavy (non-hydrogen) atoms. The Morgan fingerprint density at radius 2 is 2.22 bits per heavy atom. The van der Waals surface area contributed by atoms with Crippen molar-refractivity contribution in [2.24, 2.45) is 5.41 Å². The number of amides is 1. The Balaban J connectivity index is 1.47. The number of likely N-dealkylation sites (N-methyl/N-ethyl adjacent to an activating group) is 1. The number of aromatic amines is 1. The Bertz CT molecular complexity index is 506. The van der Waals surface area contributed by atoms with Gasteiger partial charge in [-0.1, -0.05) is 0 Å². The van der Waals surface area contributed by atoms with Gasteiger partial charge in [0.2, 0.25) is 5.91 Å². The number of piperidine rings is 1. The lowest BCUT2D eigenvalue weighted by atomic mass is 9.76. The predicted molar refractivity (Wildman–Crippen MR) is 90.3 cm³/mol. The van der Waals surface area contributed by atoms with Crippen LogP contribution in [0.15, 0.2) is 18.3 Å². The summed E-state index contributed by atoms with van der Waals surface area (Å²) < 4.78 is 5.35. The number of ether oxygens (including phenoxy) is 1. The Morgan fingerprint density at radius 3 is 2.87 bits per heavy atom. The SMILES string of the molecule is COCC1CC2(CCN(C(=O)CCc3ccc[nH]3)CC2)CN1C. The highest BCUT2D eigenvalue weighted by atomic mass is 16.5. The van der Waals surface area contributed by atoms with Gasteiger partial charge in [-0.3, -0.25) is 4.79 Å². The quantitative estimate of drug-likeness (QED) is 0.902. The molecule has 2 aliphatic heterocycles. The standard InChI is InChI=1S/C18H29N3O2/c1-20-14-18(12-16(20)13-23-2)7-10-21(11-8-18)17(22)6-5-15-4-3-9-19-15/h3-4,9,16,19H,5-8,10-14H2,1-2H3. The van der Waals surface area contributed by atoms with E-state index in [4.69, 9.17) is 4.74 Å². The Morgan fingerprint density at radius 1 is 1.43 bits per heavy atom. The molecule has 3 rings (SSSR count). The van der Waals surface area contributed by atoms with Crippen molar-refractivity contribution in [3.8, 4) is 0 Å². The van der Waals surface area contributed by atoms with Crippen molar-refractivity contribution in [1.29, 1.82) is 0 Å². The fourth-order valence-corrected chi connectivity index (χ4v) is 4.27. The maximum atomic E-state index is 12.4. The highest BCUT2D eigenvalue weighted by Gasteiger charge is 2.44. The number of hydrogen-bond acceptors (Lipinski definition) is 3. The van der Waals surface area contributed by atoms with E-state index in [1.807, 2.05) is 18.3 Å². The Kier molecular flexibility index (Phi) is 5.07. The van der Waals surface area contributed by atoms with Crippen molar-refractivity contribution in [2.45, 2.75) is 38.1 Å². The molecule has 5 heteroatoms. The number of aromatic nitrogens is 1. The number of carbonyl (C=O) groups excluding carboxylic acids is 1. The van der Waals surface area contributed by atoms with Gasteiger partial charge in [-0.2, -0.15) is 0 Å². The van der Waals surface area contributed by atoms with Crippen molar-refractivity contribution in [2.75, 3.05) is 40.4 Å². The fraction of sp³-hybridized carbons (Fsp3) is 0.722. The van der Waals surface area contributed by atoms with Crippen LogP contribution in [0, 0.1) is 5.41 Å². The van der Waals surface area contributed by atoms with Gasteiger partial charge < -0.3 is 19.5 Å². The second-order valence-electron chi connectivity index (χ2n) is 7.30. The molecular weight excluding hydrogens is 290 g/mol. The molecule has 0 aromatic carbocycles. The van der Waals surface area contributed by atoms with Crippen molar-refractivity contribution >= 4 is 5.91 Å². The molecule has 0 saturated carbocycles. The van der Waals surface area contributed by atoms with Gasteiger partial charge in [-0.05, 0) is 50.3 Å². The molecule has 2 aliphatic rings. The van der Waals surface area contributed by atoms with Gasteiger partial charge in [0, 0.05) is 51.1 Å². The van der Waals surface area contributed by atoms with Gasteiger partial charge in [0.1, 0.15) is 0 Å². The molecule has 1 spiro atoms. The number of aryl methyl sites for hydroxylation is 1. The first-order chi connectivity index (χ1) is 11.1. The summed E-state index contributed by atoms with van der Waals surface area (Å²) in [7, 11) is 3.98. The zero-order valence-electron chi connectivity index (χ0n) is 14.4. The lowest BCUT2D eigenvalue weighted by Crippen LogP contribution is -2.44. The van der Waals surface area contributed by atoms with Gasteiger partial charge in [0.25, 0.3) is 0 Å². The molecule has 2 fully saturated rings. The molecule has 0 aliphatic carbocycles. The fourth-order valence-electron chi connectivity index (χ4n) is 4.27. The molecule has 0 bridgehead atoms. The summed E-state index contributed by atoms with van der Waals surface area (Å²) in [6, 6.07) is 4.57. The third-order valence-corrected chi connectivity index (χ3v) is 5.68. The zero-order valence-corrected chi connectivity index (χ0v) is 14.4. The number of H-pyrrole nitrogens is 1. The highest BCUT2D eigenvalue weighted by Crippen LogP contribution is 2.42. The first kappa shape index (κ1) is 16.5. The summed E-state index contributed by atoms with van der Waals surface area (Å²) in [6.45, 7) is 3.79. The molecule has 1 aromatic heterocycles. The smallest absolute Gasteiger partial charge is 0.222 e. The van der Waals surface area contributed by atoms with Crippen molar-refractivity contribution < 1.29 is 9.53 Å². The summed E-state index contributed by atoms with van der Waals surface area (Å²) in [4.78, 5) is 20.1. The van der Waals surface area contributed by atoms with E-state index < -0.39 is 0 Å². The first-order valence-corrected chi connectivity index (χ1v) is 8.71. The molecule has 1 atom stereocenters. The number of rotatable bonds is 5. The van der Waals surface area contributed by atoms with Crippen LogP contribution in [0.2, 0.25) is 0 Å². The van der Waals surface area contributed by atoms with Crippen LogP contribution in [0.25, 0.3) is 0 Å². The predicted octanol–water partition coefficient (Wildman–Crippen LogP) is 1.91. The number of carbonyl (C=O) groups is 1. The molecule has 1 N–H and O–H groups in total. The van der Waals surface area contributed by atoms with Gasteiger partial charge >= 0.3 is 0 Å². The van der Waals surface area contributed by atoms with Gasteiger partial charge in [-0.25, -0.2) is 0 Å². The topological polar surface area (TPSA) is 48.6 Å². The largest absolute Gasteiger partial charge is 0.383 e. The number of nitrogens with zero attached hydrogens (tertiary/aromatic N) is 2. The molecule has 1 amide bonds. The van der Waals surface area contributed by atoms with E-state index in [2.05, 4.69) is 21.8 Å². The van der Waals surface area contributed by atoms with Crippen molar-refractivity contribution in [1.82, 2.24) is 14.8 Å². The lowest BCUT2D eigenvalue weighted by molar-refractivity contribution is -0.133. The Labute approximate surface area is 139 Å². The zero-order chi connectivity index (χ0) is 16.3. The molecule has 5 nitrogen and oxygen atoms in total. The average Bonchev–Trinajstić information content (AvgIpc) is 3.15. The molecular formula is C18H29N3O2. The normalized spacial score (nSPS) is 24.4. The Hall–Kier alpha value is -1.33. The van der Waals surface area contributed by atoms with E-state index in [0.29, 0.717) is 23.8 Å². The van der Waals surface area contributed by atoms with Crippen molar-refractivity contribution in [3.05, 3.63) is 24.0 Å². The van der Waals surface area contributed by atoms with E-state index in [1.54, 1.807) is 7.11 Å². The number of hydrogen-bond donors (Lipinski definition) is 1. The lowest BCUT2D eigenvalue weighted by Gasteiger charge is -2.39. The summed E-state index contributed by atoms with van der Waals surface area (Å²) in [6.07, 6.45) is 6.81. The summed E-state index contributed by atoms with van der Waals surface area (Å²) in [5.74, 6) is 0.300. The molecule has 1 unspecified atom stereocenters. The van der Waals surface area contributed by atoms with Crippen LogP contribution in [0.1, 0.15) is 31.4 Å². The maximum Gasteiger partial charge on any atom is 0.222 e. The van der Waals surface area contributed by atoms with Crippen LogP contribution in [0.5, 0.6) is 0 Å². The second kappa shape index (κ2) is 7.05. The minimum absolute atomic E-state index is 0.300. The van der Waals surface area contributed by atoms with E-state index >= 15 is 0 Å². The van der Waals surface area contributed by atoms with Gasteiger partial charge in [0.15, 0.2) is 0 Å². The van der Waals surface area contributed by atoms with E-state index in [1.165, 1.54) is 6.42 Å². The first-order valence-electron chi connectivity index (χ1n) is 8.71. The summed E-state index contributed by atoms with van der Waals surface area (Å²) in [5.41, 5.74) is 1.54. The van der Waals surface area contributed by atoms with E-state index in [-0.39, 0.29) is 0 Å². The van der Waals surface area contributed by atoms with Crippen LogP contribution in [0.3, 0.4) is 0 Å². The van der Waals surface area contributed by atoms with Gasteiger partial charge in [0.05, 0.1) is 6.61 Å². The van der Waals surface area contributed by atoms with Crippen LogP contribution in [-0.2, 0) is 16.0 Å². The monoisotopic (exact) mass is 319 g/mol. The van der Waals surface area contributed by atoms with Crippen LogP contribution < -0.4 is 0 Å². The van der Waals surface area contributed by atoms with Crippen LogP contribution in [-0.4, -0.2) is 67.1 Å². The number of nitrogens with one attached hydrogen (secondary N) is 1. The summed E-state index contributed by atoms with van der Waals surface area (Å²) >= 11 is 0. The minimum atomic E-state index is 0.300. The second-order valence-corrected chi connectivity index (χ2v) is 7.30.